The van der Waals surface area contributed by atoms with Crippen molar-refractivity contribution in [3.05, 3.63) is 0 Å². The highest BCUT2D eigenvalue weighted by Gasteiger charge is 2.08. The summed E-state index contributed by atoms with van der Waals surface area (Å²) in [6.45, 7) is 0.360. The smallest absolute Gasteiger partial charge is 0.372 e. The zero-order valence-corrected chi connectivity index (χ0v) is 7.41. The lowest BCUT2D eigenvalue weighted by Gasteiger charge is -1.89. The van der Waals surface area contributed by atoms with E-state index in [4.69, 9.17) is 10.8 Å². The molecule has 0 unspecified atom stereocenters. The molecule has 3 N–H and O–H groups in total. The van der Waals surface area contributed by atoms with Crippen molar-refractivity contribution in [1.29, 1.82) is 0 Å². The van der Waals surface area contributed by atoms with Crippen LogP contribution in [0.1, 0.15) is 12.8 Å². The van der Waals surface area contributed by atoms with Crippen molar-refractivity contribution in [2.24, 2.45) is 5.73 Å². The van der Waals surface area contributed by atoms with Crippen LogP contribution in [0.15, 0.2) is 0 Å². The highest BCUT2D eigenvalue weighted by molar-refractivity contribution is 6.32. The molecule has 0 spiro atoms. The first-order chi connectivity index (χ1) is 4.18. The molecule has 0 bridgehead atoms. The maximum absolute atomic E-state index is 10.2. The fraction of sp³-hybridized carbons (Fsp3) is 0.600. The third-order valence-electron chi connectivity index (χ3n) is 0.846. The van der Waals surface area contributed by atoms with Crippen molar-refractivity contribution in [3.63, 3.8) is 0 Å². The van der Waals surface area contributed by atoms with Gasteiger partial charge in [0.15, 0.2) is 0 Å². The van der Waals surface area contributed by atoms with Crippen LogP contribution in [0.25, 0.3) is 0 Å². The number of ketones is 1. The van der Waals surface area contributed by atoms with Crippen LogP contribution in [0.5, 0.6) is 0 Å². The highest BCUT2D eigenvalue weighted by Crippen LogP contribution is 1.87. The molecule has 0 rings (SSSR count). The van der Waals surface area contributed by atoms with E-state index >= 15 is 0 Å². The molecule has 0 radical (unpaired) electrons. The second-order valence-electron chi connectivity index (χ2n) is 1.62. The van der Waals surface area contributed by atoms with Crippen molar-refractivity contribution in [1.82, 2.24) is 0 Å². The lowest BCUT2D eigenvalue weighted by Crippen LogP contribution is -2.13. The van der Waals surface area contributed by atoms with Crippen molar-refractivity contribution >= 4 is 36.6 Å². The molecule has 0 fully saturated rings. The first-order valence-electron chi connectivity index (χ1n) is 2.64. The number of rotatable bonds is 4. The maximum atomic E-state index is 10.2. The average molecular weight is 204 g/mol. The Morgan fingerprint density at radius 3 is 2.00 bits per heavy atom. The molecule has 0 atom stereocenters. The van der Waals surface area contributed by atoms with Gasteiger partial charge in [-0.25, -0.2) is 4.79 Å². The van der Waals surface area contributed by atoms with Gasteiger partial charge in [-0.3, -0.25) is 4.79 Å². The van der Waals surface area contributed by atoms with E-state index in [1.807, 2.05) is 0 Å². The second-order valence-corrected chi connectivity index (χ2v) is 1.62. The summed E-state index contributed by atoms with van der Waals surface area (Å²) in [5.74, 6) is -2.14. The van der Waals surface area contributed by atoms with Crippen LogP contribution in [-0.4, -0.2) is 23.4 Å². The van der Waals surface area contributed by atoms with Gasteiger partial charge in [0.2, 0.25) is 5.78 Å². The largest absolute Gasteiger partial charge is 0.476 e. The first-order valence-corrected chi connectivity index (χ1v) is 2.64. The summed E-state index contributed by atoms with van der Waals surface area (Å²) in [6, 6.07) is 0. The van der Waals surface area contributed by atoms with Crippen LogP contribution in [0, 0.1) is 0 Å². The van der Waals surface area contributed by atoms with Crippen LogP contribution in [0.3, 0.4) is 0 Å². The van der Waals surface area contributed by atoms with Gasteiger partial charge in [0.1, 0.15) is 0 Å². The Hall–Kier alpha value is -0.320. The van der Waals surface area contributed by atoms with E-state index in [9.17, 15) is 9.59 Å². The van der Waals surface area contributed by atoms with Crippen molar-refractivity contribution < 1.29 is 14.7 Å². The Bertz CT molecular complexity index is 129. The highest BCUT2D eigenvalue weighted by atomic mass is 35.5. The third-order valence-corrected chi connectivity index (χ3v) is 0.846. The summed E-state index contributed by atoms with van der Waals surface area (Å²) in [6.07, 6.45) is 0.497. The molecule has 0 aromatic heterocycles. The molecule has 0 aliphatic heterocycles. The number of carbonyl (C=O) groups is 2. The summed E-state index contributed by atoms with van der Waals surface area (Å²) in [5.41, 5.74) is 5.03. The standard InChI is InChI=1S/C5H9NO3.2ClH/c6-3-1-2-4(7)5(8)9;;/h1-3,6H2,(H,8,9);2*1H. The van der Waals surface area contributed by atoms with Crippen LogP contribution in [0.2, 0.25) is 0 Å². The SMILES string of the molecule is Cl.Cl.NCCCC(=O)C(=O)O. The minimum absolute atomic E-state index is 0. The van der Waals surface area contributed by atoms with E-state index in [0.717, 1.165) is 0 Å². The van der Waals surface area contributed by atoms with Gasteiger partial charge in [-0.1, -0.05) is 0 Å². The Labute approximate surface area is 77.0 Å². The molecule has 4 nitrogen and oxygen atoms in total. The number of Topliss-reactive ketones (excluding diaryl/α,β-unsaturated/α-hetero) is 1. The van der Waals surface area contributed by atoms with E-state index in [2.05, 4.69) is 0 Å². The Kier molecular flexibility index (Phi) is 14.9. The van der Waals surface area contributed by atoms with Gasteiger partial charge in [0.25, 0.3) is 0 Å². The van der Waals surface area contributed by atoms with Gasteiger partial charge < -0.3 is 10.8 Å². The summed E-state index contributed by atoms with van der Waals surface area (Å²) in [7, 11) is 0. The van der Waals surface area contributed by atoms with Crippen molar-refractivity contribution in [3.8, 4) is 0 Å². The molecule has 0 aliphatic rings. The zero-order valence-electron chi connectivity index (χ0n) is 5.78. The van der Waals surface area contributed by atoms with Gasteiger partial charge in [-0.05, 0) is 13.0 Å². The number of carboxylic acid groups (broad SMARTS) is 1. The van der Waals surface area contributed by atoms with E-state index < -0.39 is 11.8 Å². The van der Waals surface area contributed by atoms with Crippen molar-refractivity contribution in [2.75, 3.05) is 6.54 Å². The van der Waals surface area contributed by atoms with Gasteiger partial charge in [-0.2, -0.15) is 0 Å². The molecule has 0 aromatic carbocycles. The normalized spacial score (nSPS) is 7.36. The predicted molar refractivity (Wildman–Crippen MR) is 45.4 cm³/mol. The lowest BCUT2D eigenvalue weighted by atomic mass is 10.2. The quantitative estimate of drug-likeness (QED) is 0.642. The molecule has 0 aliphatic carbocycles. The average Bonchev–Trinajstić information content (AvgIpc) is 1.82. The summed E-state index contributed by atoms with van der Waals surface area (Å²) in [5, 5.41) is 8.02. The van der Waals surface area contributed by atoms with E-state index in [0.29, 0.717) is 13.0 Å². The van der Waals surface area contributed by atoms with E-state index in [1.165, 1.54) is 0 Å². The number of carbonyl (C=O) groups excluding carboxylic acids is 1. The van der Waals surface area contributed by atoms with Crippen LogP contribution in [0.4, 0.5) is 0 Å². The number of aliphatic carboxylic acids is 1. The van der Waals surface area contributed by atoms with Gasteiger partial charge in [0, 0.05) is 6.42 Å². The summed E-state index contributed by atoms with van der Waals surface area (Å²) in [4.78, 5) is 20.1. The Morgan fingerprint density at radius 2 is 1.73 bits per heavy atom. The van der Waals surface area contributed by atoms with E-state index in [-0.39, 0.29) is 31.2 Å². The zero-order chi connectivity index (χ0) is 7.28. The molecular weight excluding hydrogens is 193 g/mol. The monoisotopic (exact) mass is 203 g/mol. The first kappa shape index (κ1) is 17.0. The third kappa shape index (κ3) is 9.68. The Balaban J connectivity index is -0.000000320. The molecule has 0 aromatic rings. The van der Waals surface area contributed by atoms with Crippen LogP contribution >= 0.6 is 24.8 Å². The molecule has 0 heterocycles. The topological polar surface area (TPSA) is 80.4 Å². The lowest BCUT2D eigenvalue weighted by molar-refractivity contribution is -0.149. The van der Waals surface area contributed by atoms with Crippen LogP contribution in [-0.2, 0) is 9.59 Å². The number of nitrogens with two attached hydrogens (primary N) is 1. The van der Waals surface area contributed by atoms with Gasteiger partial charge in [-0.15, -0.1) is 24.8 Å². The van der Waals surface area contributed by atoms with E-state index in [1.54, 1.807) is 0 Å². The minimum Gasteiger partial charge on any atom is -0.476 e. The van der Waals surface area contributed by atoms with Crippen molar-refractivity contribution in [2.45, 2.75) is 12.8 Å². The molecule has 0 amide bonds. The molecule has 68 valence electrons. The summed E-state index contributed by atoms with van der Waals surface area (Å²) < 4.78 is 0. The molecule has 6 heteroatoms. The number of hydrogen-bond acceptors (Lipinski definition) is 3. The molecule has 0 saturated carbocycles. The fourth-order valence-corrected chi connectivity index (χ4v) is 0.370. The number of carboxylic acids is 1. The maximum Gasteiger partial charge on any atom is 0.372 e. The summed E-state index contributed by atoms with van der Waals surface area (Å²) >= 11 is 0. The molecular formula is C5H11Cl2NO3. The molecule has 0 saturated heterocycles. The second kappa shape index (κ2) is 9.68. The van der Waals surface area contributed by atoms with Gasteiger partial charge >= 0.3 is 5.97 Å². The fourth-order valence-electron chi connectivity index (χ4n) is 0.370. The van der Waals surface area contributed by atoms with Crippen LogP contribution < -0.4 is 5.73 Å². The Morgan fingerprint density at radius 1 is 1.27 bits per heavy atom. The predicted octanol–water partition coefficient (Wildman–Crippen LogP) is 0.223. The minimum atomic E-state index is -1.37. The van der Waals surface area contributed by atoms with Gasteiger partial charge in [0.05, 0.1) is 0 Å². The number of halogens is 2. The number of hydrogen-bond donors (Lipinski definition) is 2. The molecule has 11 heavy (non-hydrogen) atoms.